The first-order valence-corrected chi connectivity index (χ1v) is 8.06. The Balaban J connectivity index is 1.63. The van der Waals surface area contributed by atoms with Crippen molar-refractivity contribution in [2.45, 2.75) is 45.4 Å². The summed E-state index contributed by atoms with van der Waals surface area (Å²) in [5.41, 5.74) is 1.39. The molecule has 0 spiro atoms. The quantitative estimate of drug-likeness (QED) is 0.675. The largest absolute Gasteiger partial charge is 0.446 e. The molecule has 0 atom stereocenters. The number of aryl methyl sites for hydroxylation is 3. The fourth-order valence-electron chi connectivity index (χ4n) is 2.36. The van der Waals surface area contributed by atoms with Gasteiger partial charge in [0.1, 0.15) is 5.76 Å². The molecular weight excluding hydrogens is 260 g/mol. The maximum Gasteiger partial charge on any atom is 0.194 e. The second-order valence-corrected chi connectivity index (χ2v) is 5.41. The van der Waals surface area contributed by atoms with E-state index in [4.69, 9.17) is 4.42 Å². The van der Waals surface area contributed by atoms with Crippen molar-refractivity contribution in [3.05, 3.63) is 53.7 Å². The van der Waals surface area contributed by atoms with E-state index in [1.54, 1.807) is 0 Å². The van der Waals surface area contributed by atoms with Crippen molar-refractivity contribution in [3.8, 4) is 0 Å². The Bertz CT molecular complexity index is 493. The van der Waals surface area contributed by atoms with Crippen LogP contribution >= 0.6 is 0 Å². The topological polar surface area (TPSA) is 38.1 Å². The predicted molar refractivity (Wildman–Crippen MR) is 86.5 cm³/mol. The lowest BCUT2D eigenvalue weighted by molar-refractivity contribution is 0.442. The first kappa shape index (κ1) is 15.8. The van der Waals surface area contributed by atoms with Crippen LogP contribution in [0.2, 0.25) is 0 Å². The molecule has 1 aromatic carbocycles. The standard InChI is InChI=1S/C18H26N2O/c1-2-13-19-14-7-12-18-20-15-17(21-18)11-6-10-16-8-4-3-5-9-16/h3-5,8-9,15,19H,2,6-7,10-14H2,1H3. The minimum absolute atomic E-state index is 0.878. The number of nitrogens with one attached hydrogen (secondary N) is 1. The van der Waals surface area contributed by atoms with Gasteiger partial charge in [-0.2, -0.15) is 0 Å². The maximum atomic E-state index is 5.79. The van der Waals surface area contributed by atoms with Crippen molar-refractivity contribution in [2.24, 2.45) is 0 Å². The van der Waals surface area contributed by atoms with E-state index >= 15 is 0 Å². The van der Waals surface area contributed by atoms with E-state index in [9.17, 15) is 0 Å². The van der Waals surface area contributed by atoms with E-state index in [1.165, 1.54) is 12.0 Å². The number of rotatable bonds is 10. The normalized spacial score (nSPS) is 10.9. The van der Waals surface area contributed by atoms with Gasteiger partial charge in [-0.1, -0.05) is 37.3 Å². The highest BCUT2D eigenvalue weighted by Crippen LogP contribution is 2.10. The molecule has 0 radical (unpaired) electrons. The van der Waals surface area contributed by atoms with Gasteiger partial charge in [-0.25, -0.2) is 4.98 Å². The van der Waals surface area contributed by atoms with E-state index in [0.717, 1.165) is 56.8 Å². The summed E-state index contributed by atoms with van der Waals surface area (Å²) in [5.74, 6) is 1.89. The van der Waals surface area contributed by atoms with Crippen LogP contribution in [0.3, 0.4) is 0 Å². The first-order valence-electron chi connectivity index (χ1n) is 8.06. The van der Waals surface area contributed by atoms with Gasteiger partial charge < -0.3 is 9.73 Å². The zero-order valence-electron chi connectivity index (χ0n) is 13.0. The molecule has 1 aromatic heterocycles. The molecule has 2 rings (SSSR count). The van der Waals surface area contributed by atoms with Crippen LogP contribution < -0.4 is 5.32 Å². The molecule has 0 saturated heterocycles. The highest BCUT2D eigenvalue weighted by atomic mass is 16.4. The number of nitrogens with zero attached hydrogens (tertiary/aromatic N) is 1. The lowest BCUT2D eigenvalue weighted by atomic mass is 10.1. The summed E-state index contributed by atoms with van der Waals surface area (Å²) in [6.07, 6.45) is 8.26. The third-order valence-corrected chi connectivity index (χ3v) is 3.50. The molecule has 0 amide bonds. The smallest absolute Gasteiger partial charge is 0.194 e. The van der Waals surface area contributed by atoms with Crippen LogP contribution in [-0.2, 0) is 19.3 Å². The molecule has 0 saturated carbocycles. The van der Waals surface area contributed by atoms with Crippen molar-refractivity contribution in [2.75, 3.05) is 13.1 Å². The Labute approximate surface area is 127 Å². The van der Waals surface area contributed by atoms with Crippen molar-refractivity contribution in [1.82, 2.24) is 10.3 Å². The molecule has 0 fully saturated rings. The fraction of sp³-hybridized carbons (Fsp3) is 0.500. The number of hydrogen-bond donors (Lipinski definition) is 1. The molecule has 0 aliphatic carbocycles. The zero-order chi connectivity index (χ0) is 14.8. The van der Waals surface area contributed by atoms with E-state index in [2.05, 4.69) is 47.6 Å². The van der Waals surface area contributed by atoms with Crippen LogP contribution in [0.5, 0.6) is 0 Å². The van der Waals surface area contributed by atoms with Crippen LogP contribution in [0.15, 0.2) is 40.9 Å². The Morgan fingerprint density at radius 1 is 1.00 bits per heavy atom. The van der Waals surface area contributed by atoms with Crippen molar-refractivity contribution in [1.29, 1.82) is 0 Å². The first-order chi connectivity index (χ1) is 10.4. The van der Waals surface area contributed by atoms with Crippen molar-refractivity contribution < 1.29 is 4.42 Å². The maximum absolute atomic E-state index is 5.79. The minimum Gasteiger partial charge on any atom is -0.446 e. The number of hydrogen-bond acceptors (Lipinski definition) is 3. The molecule has 2 aromatic rings. The molecule has 0 bridgehead atoms. The van der Waals surface area contributed by atoms with Crippen LogP contribution in [0, 0.1) is 0 Å². The van der Waals surface area contributed by atoms with Gasteiger partial charge in [-0.3, -0.25) is 0 Å². The average Bonchev–Trinajstić information content (AvgIpc) is 2.96. The van der Waals surface area contributed by atoms with Gasteiger partial charge in [0, 0.05) is 12.8 Å². The SMILES string of the molecule is CCCNCCCc1ncc(CCCc2ccccc2)o1. The van der Waals surface area contributed by atoms with Gasteiger partial charge >= 0.3 is 0 Å². The monoisotopic (exact) mass is 286 g/mol. The van der Waals surface area contributed by atoms with Crippen molar-refractivity contribution in [3.63, 3.8) is 0 Å². The third-order valence-electron chi connectivity index (χ3n) is 3.50. The summed E-state index contributed by atoms with van der Waals surface area (Å²) in [7, 11) is 0. The molecular formula is C18H26N2O. The van der Waals surface area contributed by atoms with E-state index in [-0.39, 0.29) is 0 Å². The van der Waals surface area contributed by atoms with Gasteiger partial charge in [0.2, 0.25) is 0 Å². The molecule has 114 valence electrons. The van der Waals surface area contributed by atoms with E-state index in [0.29, 0.717) is 0 Å². The number of benzene rings is 1. The van der Waals surface area contributed by atoms with Crippen LogP contribution in [0.1, 0.15) is 43.4 Å². The molecule has 0 aliphatic rings. The predicted octanol–water partition coefficient (Wildman–Crippen LogP) is 3.78. The molecule has 0 aliphatic heterocycles. The minimum atomic E-state index is 0.878. The Morgan fingerprint density at radius 2 is 1.86 bits per heavy atom. The van der Waals surface area contributed by atoms with E-state index < -0.39 is 0 Å². The van der Waals surface area contributed by atoms with Crippen LogP contribution in [0.4, 0.5) is 0 Å². The Hall–Kier alpha value is -1.61. The summed E-state index contributed by atoms with van der Waals surface area (Å²) >= 11 is 0. The number of oxazole rings is 1. The zero-order valence-corrected chi connectivity index (χ0v) is 13.0. The van der Waals surface area contributed by atoms with Gasteiger partial charge in [-0.15, -0.1) is 0 Å². The van der Waals surface area contributed by atoms with Gasteiger partial charge in [0.05, 0.1) is 6.20 Å². The fourth-order valence-corrected chi connectivity index (χ4v) is 2.36. The van der Waals surface area contributed by atoms with Gasteiger partial charge in [0.25, 0.3) is 0 Å². The van der Waals surface area contributed by atoms with Crippen molar-refractivity contribution >= 4 is 0 Å². The number of aromatic nitrogens is 1. The van der Waals surface area contributed by atoms with Gasteiger partial charge in [0.15, 0.2) is 5.89 Å². The highest BCUT2D eigenvalue weighted by molar-refractivity contribution is 5.14. The second kappa shape index (κ2) is 9.35. The molecule has 21 heavy (non-hydrogen) atoms. The van der Waals surface area contributed by atoms with E-state index in [1.807, 2.05) is 6.20 Å². The lowest BCUT2D eigenvalue weighted by Crippen LogP contribution is -2.16. The summed E-state index contributed by atoms with van der Waals surface area (Å²) < 4.78 is 5.79. The highest BCUT2D eigenvalue weighted by Gasteiger charge is 2.04. The van der Waals surface area contributed by atoms with Crippen LogP contribution in [-0.4, -0.2) is 18.1 Å². The lowest BCUT2D eigenvalue weighted by Gasteiger charge is -2.01. The Kier molecular flexibility index (Phi) is 7.02. The average molecular weight is 286 g/mol. The van der Waals surface area contributed by atoms with Crippen LogP contribution in [0.25, 0.3) is 0 Å². The summed E-state index contributed by atoms with van der Waals surface area (Å²) in [6.45, 7) is 4.32. The molecule has 3 nitrogen and oxygen atoms in total. The Morgan fingerprint density at radius 3 is 2.67 bits per heavy atom. The molecule has 3 heteroatoms. The summed E-state index contributed by atoms with van der Waals surface area (Å²) in [5, 5.41) is 3.40. The van der Waals surface area contributed by atoms with Gasteiger partial charge in [-0.05, 0) is 44.3 Å². The summed E-state index contributed by atoms with van der Waals surface area (Å²) in [4.78, 5) is 4.37. The third kappa shape index (κ3) is 6.13. The molecule has 0 unspecified atom stereocenters. The summed E-state index contributed by atoms with van der Waals surface area (Å²) in [6, 6.07) is 10.6. The second-order valence-electron chi connectivity index (χ2n) is 5.41. The molecule has 1 heterocycles. The molecule has 1 N–H and O–H groups in total.